The van der Waals surface area contributed by atoms with E-state index in [1.807, 2.05) is 35.7 Å². The lowest BCUT2D eigenvalue weighted by Crippen LogP contribution is -2.49. The van der Waals surface area contributed by atoms with Gasteiger partial charge in [-0.3, -0.25) is 9.59 Å². The van der Waals surface area contributed by atoms with E-state index in [2.05, 4.69) is 34.9 Å². The number of thiophene rings is 1. The lowest BCUT2D eigenvalue weighted by Gasteiger charge is -2.35. The number of amides is 2. The second kappa shape index (κ2) is 9.92. The minimum absolute atomic E-state index is 0.0664. The Morgan fingerprint density at radius 1 is 0.971 bits per heavy atom. The van der Waals surface area contributed by atoms with E-state index in [1.165, 1.54) is 11.3 Å². The lowest BCUT2D eigenvalue weighted by atomic mass is 9.78. The van der Waals surface area contributed by atoms with Crippen LogP contribution in [0.3, 0.4) is 0 Å². The fourth-order valence-corrected chi connectivity index (χ4v) is 5.80. The predicted octanol–water partition coefficient (Wildman–Crippen LogP) is 4.70. The highest BCUT2D eigenvalue weighted by atomic mass is 32.1. The van der Waals surface area contributed by atoms with Gasteiger partial charge in [0.2, 0.25) is 5.91 Å². The second-order valence-corrected chi connectivity index (χ2v) is 10.0. The number of hydrogen-bond donors (Lipinski definition) is 3. The van der Waals surface area contributed by atoms with Crippen molar-refractivity contribution < 1.29 is 24.2 Å². The molecule has 35 heavy (non-hydrogen) atoms. The van der Waals surface area contributed by atoms with Crippen molar-refractivity contribution >= 4 is 29.3 Å². The van der Waals surface area contributed by atoms with E-state index in [0.29, 0.717) is 17.7 Å². The highest BCUT2D eigenvalue weighted by molar-refractivity contribution is 7.10. The number of nitrogens with one attached hydrogen (secondary N) is 2. The van der Waals surface area contributed by atoms with Crippen LogP contribution in [0.25, 0.3) is 11.1 Å². The van der Waals surface area contributed by atoms with Crippen LogP contribution in [-0.2, 0) is 14.3 Å². The van der Waals surface area contributed by atoms with Gasteiger partial charge in [-0.15, -0.1) is 11.3 Å². The first-order chi connectivity index (χ1) is 17.0. The first kappa shape index (κ1) is 23.1. The van der Waals surface area contributed by atoms with Gasteiger partial charge in [0, 0.05) is 23.3 Å². The first-order valence-electron chi connectivity index (χ1n) is 11.7. The summed E-state index contributed by atoms with van der Waals surface area (Å²) in [6, 6.07) is 18.9. The molecule has 180 valence electrons. The SMILES string of the molecule is O=C(O)CC1CC(NC(=O)C(NC(=O)OCC2c3ccccc3-c3ccccc32)c2cccs2)C1. The highest BCUT2D eigenvalue weighted by Gasteiger charge is 2.35. The molecule has 0 bridgehead atoms. The Morgan fingerprint density at radius 2 is 1.63 bits per heavy atom. The molecule has 0 radical (unpaired) electrons. The molecule has 3 N–H and O–H groups in total. The van der Waals surface area contributed by atoms with Crippen LogP contribution in [0.15, 0.2) is 66.0 Å². The summed E-state index contributed by atoms with van der Waals surface area (Å²) in [6.45, 7) is 0.165. The fourth-order valence-electron chi connectivity index (χ4n) is 5.03. The van der Waals surface area contributed by atoms with Gasteiger partial charge >= 0.3 is 12.1 Å². The average molecular weight is 491 g/mol. The van der Waals surface area contributed by atoms with Gasteiger partial charge in [0.1, 0.15) is 12.6 Å². The van der Waals surface area contributed by atoms with Crippen LogP contribution in [0.1, 0.15) is 47.2 Å². The Labute approximate surface area is 207 Å². The monoisotopic (exact) mass is 490 g/mol. The second-order valence-electron chi connectivity index (χ2n) is 9.06. The summed E-state index contributed by atoms with van der Waals surface area (Å²) in [6.07, 6.45) is 0.705. The number of rotatable bonds is 8. The summed E-state index contributed by atoms with van der Waals surface area (Å²) in [5, 5.41) is 16.4. The zero-order valence-electron chi connectivity index (χ0n) is 19.0. The Hall–Kier alpha value is -3.65. The number of alkyl carbamates (subject to hydrolysis) is 1. The molecular weight excluding hydrogens is 464 g/mol. The molecule has 1 atom stereocenters. The van der Waals surface area contributed by atoms with Crippen LogP contribution in [-0.4, -0.2) is 35.7 Å². The molecule has 1 unspecified atom stereocenters. The van der Waals surface area contributed by atoms with E-state index in [9.17, 15) is 14.4 Å². The number of carbonyl (C=O) groups is 3. The molecule has 7 nitrogen and oxygen atoms in total. The van der Waals surface area contributed by atoms with E-state index in [0.717, 1.165) is 22.3 Å². The molecule has 1 aromatic heterocycles. The number of carboxylic acid groups (broad SMARTS) is 1. The number of fused-ring (bicyclic) bond motifs is 3. The van der Waals surface area contributed by atoms with Crippen LogP contribution < -0.4 is 10.6 Å². The van der Waals surface area contributed by atoms with Crippen LogP contribution in [0.2, 0.25) is 0 Å². The minimum Gasteiger partial charge on any atom is -0.481 e. The fraction of sp³-hybridized carbons (Fsp3) is 0.296. The van der Waals surface area contributed by atoms with Gasteiger partial charge in [-0.25, -0.2) is 4.79 Å². The maximum absolute atomic E-state index is 13.0. The third kappa shape index (κ3) is 4.93. The number of carbonyl (C=O) groups excluding carboxylic acids is 2. The van der Waals surface area contributed by atoms with E-state index < -0.39 is 18.1 Å². The summed E-state index contributed by atoms with van der Waals surface area (Å²) in [7, 11) is 0. The summed E-state index contributed by atoms with van der Waals surface area (Å²) in [4.78, 5) is 37.4. The molecule has 2 aromatic carbocycles. The average Bonchev–Trinajstić information content (AvgIpc) is 3.46. The van der Waals surface area contributed by atoms with Gasteiger partial charge in [-0.1, -0.05) is 54.6 Å². The molecule has 1 saturated carbocycles. The third-order valence-electron chi connectivity index (χ3n) is 6.74. The van der Waals surface area contributed by atoms with Crippen molar-refractivity contribution in [3.8, 4) is 11.1 Å². The van der Waals surface area contributed by atoms with Gasteiger partial charge in [0.25, 0.3) is 0 Å². The number of benzene rings is 2. The van der Waals surface area contributed by atoms with E-state index in [-0.39, 0.29) is 36.8 Å². The Bertz CT molecular complexity index is 1190. The van der Waals surface area contributed by atoms with Crippen molar-refractivity contribution in [1.82, 2.24) is 10.6 Å². The molecule has 1 heterocycles. The highest BCUT2D eigenvalue weighted by Crippen LogP contribution is 2.44. The number of aliphatic carboxylic acids is 1. The third-order valence-corrected chi connectivity index (χ3v) is 7.68. The Kier molecular flexibility index (Phi) is 6.55. The Balaban J connectivity index is 1.22. The minimum atomic E-state index is -0.871. The Morgan fingerprint density at radius 3 is 2.23 bits per heavy atom. The molecule has 0 spiro atoms. The van der Waals surface area contributed by atoms with Crippen molar-refractivity contribution in [3.05, 3.63) is 82.0 Å². The van der Waals surface area contributed by atoms with Crippen molar-refractivity contribution in [2.75, 3.05) is 6.61 Å². The van der Waals surface area contributed by atoms with Gasteiger partial charge in [0.15, 0.2) is 0 Å². The van der Waals surface area contributed by atoms with Crippen LogP contribution in [0.4, 0.5) is 4.79 Å². The quantitative estimate of drug-likeness (QED) is 0.425. The molecule has 2 aliphatic carbocycles. The van der Waals surface area contributed by atoms with Crippen molar-refractivity contribution in [3.63, 3.8) is 0 Å². The van der Waals surface area contributed by atoms with Crippen LogP contribution >= 0.6 is 11.3 Å². The molecule has 5 rings (SSSR count). The summed E-state index contributed by atoms with van der Waals surface area (Å²) >= 11 is 1.38. The standard InChI is InChI=1S/C27H26N2O5S/c30-24(31)14-16-12-17(13-16)28-26(32)25(23-10-5-11-35-23)29-27(33)34-15-22-20-8-3-1-6-18(20)19-7-2-4-9-21(19)22/h1-11,16-17,22,25H,12-15H2,(H,28,32)(H,29,33)(H,30,31). The van der Waals surface area contributed by atoms with Gasteiger partial charge in [-0.05, 0) is 52.5 Å². The topological polar surface area (TPSA) is 105 Å². The molecule has 0 saturated heterocycles. The molecule has 3 aromatic rings. The molecule has 8 heteroatoms. The molecule has 2 aliphatic rings. The summed E-state index contributed by atoms with van der Waals surface area (Å²) < 4.78 is 5.63. The summed E-state index contributed by atoms with van der Waals surface area (Å²) in [5.74, 6) is -1.13. The zero-order chi connectivity index (χ0) is 24.4. The largest absolute Gasteiger partial charge is 0.481 e. The first-order valence-corrected chi connectivity index (χ1v) is 12.5. The van der Waals surface area contributed by atoms with Gasteiger partial charge in [0.05, 0.1) is 0 Å². The molecule has 1 fully saturated rings. The molecule has 0 aliphatic heterocycles. The van der Waals surface area contributed by atoms with E-state index in [1.54, 1.807) is 6.07 Å². The van der Waals surface area contributed by atoms with Crippen molar-refractivity contribution in [2.45, 2.75) is 37.3 Å². The molecular formula is C27H26N2O5S. The van der Waals surface area contributed by atoms with Crippen LogP contribution in [0.5, 0.6) is 0 Å². The zero-order valence-corrected chi connectivity index (χ0v) is 19.8. The van der Waals surface area contributed by atoms with E-state index >= 15 is 0 Å². The number of carboxylic acids is 1. The van der Waals surface area contributed by atoms with Crippen LogP contribution in [0, 0.1) is 5.92 Å². The maximum Gasteiger partial charge on any atom is 0.408 e. The smallest absolute Gasteiger partial charge is 0.408 e. The van der Waals surface area contributed by atoms with Gasteiger partial charge in [-0.2, -0.15) is 0 Å². The number of ether oxygens (including phenoxy) is 1. The number of hydrogen-bond acceptors (Lipinski definition) is 5. The maximum atomic E-state index is 13.0. The van der Waals surface area contributed by atoms with E-state index in [4.69, 9.17) is 9.84 Å². The lowest BCUT2D eigenvalue weighted by molar-refractivity contribution is -0.139. The molecule has 2 amide bonds. The normalized spacial score (nSPS) is 19.1. The summed E-state index contributed by atoms with van der Waals surface area (Å²) in [5.41, 5.74) is 4.54. The van der Waals surface area contributed by atoms with Crippen molar-refractivity contribution in [2.24, 2.45) is 5.92 Å². The van der Waals surface area contributed by atoms with Gasteiger partial charge < -0.3 is 20.5 Å². The van der Waals surface area contributed by atoms with Crippen molar-refractivity contribution in [1.29, 1.82) is 0 Å². The predicted molar refractivity (Wildman–Crippen MR) is 132 cm³/mol.